The Labute approximate surface area is 122 Å². The predicted molar refractivity (Wildman–Crippen MR) is 75.1 cm³/mol. The van der Waals surface area contributed by atoms with Crippen molar-refractivity contribution in [1.82, 2.24) is 14.4 Å². The van der Waals surface area contributed by atoms with Gasteiger partial charge >= 0.3 is 0 Å². The fraction of sp³-hybridized carbons (Fsp3) is 0.385. The van der Waals surface area contributed by atoms with Crippen LogP contribution in [0.5, 0.6) is 5.75 Å². The summed E-state index contributed by atoms with van der Waals surface area (Å²) in [5.41, 5.74) is 0.763. The zero-order valence-corrected chi connectivity index (χ0v) is 12.3. The Morgan fingerprint density at radius 1 is 1.33 bits per heavy atom. The summed E-state index contributed by atoms with van der Waals surface area (Å²) in [6.07, 6.45) is 0.644. The molecule has 3 rings (SSSR count). The van der Waals surface area contributed by atoms with E-state index < -0.39 is 10.0 Å². The molecule has 0 radical (unpaired) electrons. The molecule has 0 saturated carbocycles. The fourth-order valence-corrected chi connectivity index (χ4v) is 3.67. The van der Waals surface area contributed by atoms with E-state index in [0.717, 1.165) is 11.3 Å². The molecule has 0 atom stereocenters. The van der Waals surface area contributed by atoms with Crippen LogP contribution in [0.1, 0.15) is 12.2 Å². The Balaban J connectivity index is 1.76. The van der Waals surface area contributed by atoms with E-state index in [1.807, 2.05) is 12.1 Å². The predicted octanol–water partition coefficient (Wildman–Crippen LogP) is 1.28. The van der Waals surface area contributed by atoms with Crippen LogP contribution >= 0.6 is 0 Å². The Bertz CT molecular complexity index is 724. The summed E-state index contributed by atoms with van der Waals surface area (Å²) in [5, 5.41) is 3.84. The van der Waals surface area contributed by atoms with Gasteiger partial charge in [-0.15, -0.1) is 0 Å². The van der Waals surface area contributed by atoms with Crippen LogP contribution in [0.15, 0.2) is 28.8 Å². The van der Waals surface area contributed by atoms with Crippen molar-refractivity contribution in [1.29, 1.82) is 0 Å². The van der Waals surface area contributed by atoms with Crippen LogP contribution in [0.3, 0.4) is 0 Å². The van der Waals surface area contributed by atoms with Crippen LogP contribution < -0.4 is 4.74 Å². The lowest BCUT2D eigenvalue weighted by molar-refractivity contribution is 0.391. The third kappa shape index (κ3) is 2.91. The average Bonchev–Trinajstić information content (AvgIpc) is 3.07. The first-order chi connectivity index (χ1) is 10.1. The summed E-state index contributed by atoms with van der Waals surface area (Å²) in [6, 6.07) is 7.21. The SMILES string of the molecule is COc1ccc(-c2nc(CN3CCCS3(=O)=O)no2)cc1. The molecule has 0 spiro atoms. The minimum atomic E-state index is -3.15. The van der Waals surface area contributed by atoms with E-state index in [-0.39, 0.29) is 12.3 Å². The molecule has 7 nitrogen and oxygen atoms in total. The molecule has 0 amide bonds. The standard InChI is InChI=1S/C13H15N3O4S/c1-19-11-5-3-10(4-6-11)13-14-12(15-20-13)9-16-7-2-8-21(16,17)18/h3-6H,2,7-9H2,1H3. The van der Waals surface area contributed by atoms with E-state index in [1.165, 1.54) is 4.31 Å². The second kappa shape index (κ2) is 5.45. The Kier molecular flexibility index (Phi) is 3.64. The quantitative estimate of drug-likeness (QED) is 0.845. The number of hydrogen-bond acceptors (Lipinski definition) is 6. The van der Waals surface area contributed by atoms with Gasteiger partial charge in [0.25, 0.3) is 5.89 Å². The molecule has 8 heteroatoms. The molecule has 1 aliphatic heterocycles. The average molecular weight is 309 g/mol. The third-order valence-corrected chi connectivity index (χ3v) is 5.23. The topological polar surface area (TPSA) is 85.5 Å². The summed E-state index contributed by atoms with van der Waals surface area (Å²) in [7, 11) is -1.56. The third-order valence-electron chi connectivity index (χ3n) is 3.33. The van der Waals surface area contributed by atoms with Crippen molar-refractivity contribution in [3.05, 3.63) is 30.1 Å². The van der Waals surface area contributed by atoms with Crippen LogP contribution in [0.2, 0.25) is 0 Å². The van der Waals surface area contributed by atoms with Gasteiger partial charge in [-0.3, -0.25) is 0 Å². The number of sulfonamides is 1. The van der Waals surface area contributed by atoms with Gasteiger partial charge < -0.3 is 9.26 Å². The zero-order chi connectivity index (χ0) is 14.9. The van der Waals surface area contributed by atoms with Crippen molar-refractivity contribution in [2.24, 2.45) is 0 Å². The first-order valence-electron chi connectivity index (χ1n) is 6.53. The first kappa shape index (κ1) is 14.0. The highest BCUT2D eigenvalue weighted by Gasteiger charge is 2.29. The van der Waals surface area contributed by atoms with Gasteiger partial charge in [-0.05, 0) is 30.7 Å². The number of ether oxygens (including phenoxy) is 1. The summed E-state index contributed by atoms with van der Waals surface area (Å²) in [5.74, 6) is 1.66. The van der Waals surface area contributed by atoms with Crippen LogP contribution in [0.4, 0.5) is 0 Å². The zero-order valence-electron chi connectivity index (χ0n) is 11.5. The van der Waals surface area contributed by atoms with Gasteiger partial charge in [-0.25, -0.2) is 8.42 Å². The second-order valence-corrected chi connectivity index (χ2v) is 6.84. The molecule has 0 aliphatic carbocycles. The molecule has 112 valence electrons. The number of hydrogen-bond donors (Lipinski definition) is 0. The minimum Gasteiger partial charge on any atom is -0.497 e. The molecule has 2 aromatic rings. The van der Waals surface area contributed by atoms with E-state index in [4.69, 9.17) is 9.26 Å². The largest absolute Gasteiger partial charge is 0.497 e. The smallest absolute Gasteiger partial charge is 0.257 e. The number of methoxy groups -OCH3 is 1. The monoisotopic (exact) mass is 309 g/mol. The van der Waals surface area contributed by atoms with E-state index in [9.17, 15) is 8.42 Å². The van der Waals surface area contributed by atoms with Gasteiger partial charge in [0.1, 0.15) is 5.75 Å². The number of aromatic nitrogens is 2. The molecular formula is C13H15N3O4S. The Morgan fingerprint density at radius 2 is 2.10 bits per heavy atom. The van der Waals surface area contributed by atoms with Gasteiger partial charge in [0.05, 0.1) is 19.4 Å². The normalized spacial score (nSPS) is 18.0. The van der Waals surface area contributed by atoms with E-state index >= 15 is 0 Å². The number of rotatable bonds is 4. The first-order valence-corrected chi connectivity index (χ1v) is 8.14. The molecule has 1 fully saturated rings. The van der Waals surface area contributed by atoms with Crippen LogP contribution in [0.25, 0.3) is 11.5 Å². The van der Waals surface area contributed by atoms with E-state index in [2.05, 4.69) is 10.1 Å². The van der Waals surface area contributed by atoms with Crippen LogP contribution in [0, 0.1) is 0 Å². The molecule has 0 N–H and O–H groups in total. The van der Waals surface area contributed by atoms with Gasteiger partial charge in [-0.1, -0.05) is 5.16 Å². The maximum atomic E-state index is 11.7. The minimum absolute atomic E-state index is 0.155. The van der Waals surface area contributed by atoms with Gasteiger partial charge in [0, 0.05) is 12.1 Å². The molecule has 0 unspecified atom stereocenters. The maximum Gasteiger partial charge on any atom is 0.257 e. The lowest BCUT2D eigenvalue weighted by Gasteiger charge is -2.10. The highest BCUT2D eigenvalue weighted by Crippen LogP contribution is 2.22. The number of benzene rings is 1. The summed E-state index contributed by atoms with van der Waals surface area (Å²) in [6.45, 7) is 0.663. The second-order valence-electron chi connectivity index (χ2n) is 4.75. The molecule has 1 aromatic carbocycles. The highest BCUT2D eigenvalue weighted by atomic mass is 32.2. The van der Waals surface area contributed by atoms with Gasteiger partial charge in [0.15, 0.2) is 5.82 Å². The fourth-order valence-electron chi connectivity index (χ4n) is 2.20. The Morgan fingerprint density at radius 3 is 2.71 bits per heavy atom. The van der Waals surface area contributed by atoms with Crippen molar-refractivity contribution < 1.29 is 17.7 Å². The van der Waals surface area contributed by atoms with Crippen molar-refractivity contribution >= 4 is 10.0 Å². The molecule has 21 heavy (non-hydrogen) atoms. The summed E-state index contributed by atoms with van der Waals surface area (Å²) >= 11 is 0. The lowest BCUT2D eigenvalue weighted by atomic mass is 10.2. The molecule has 1 aliphatic rings. The molecule has 1 saturated heterocycles. The highest BCUT2D eigenvalue weighted by molar-refractivity contribution is 7.89. The molecule has 0 bridgehead atoms. The van der Waals surface area contributed by atoms with Crippen molar-refractivity contribution in [2.75, 3.05) is 19.4 Å². The summed E-state index contributed by atoms with van der Waals surface area (Å²) < 4.78 is 35.1. The van der Waals surface area contributed by atoms with Crippen molar-refractivity contribution in [3.63, 3.8) is 0 Å². The van der Waals surface area contributed by atoms with Crippen molar-refractivity contribution in [2.45, 2.75) is 13.0 Å². The van der Waals surface area contributed by atoms with Crippen LogP contribution in [-0.4, -0.2) is 42.3 Å². The maximum absolute atomic E-state index is 11.7. The number of nitrogens with zero attached hydrogens (tertiary/aromatic N) is 3. The lowest BCUT2D eigenvalue weighted by Crippen LogP contribution is -2.25. The van der Waals surface area contributed by atoms with Gasteiger partial charge in [0.2, 0.25) is 10.0 Å². The Hall–Kier alpha value is -1.93. The van der Waals surface area contributed by atoms with Crippen molar-refractivity contribution in [3.8, 4) is 17.2 Å². The van der Waals surface area contributed by atoms with E-state index in [0.29, 0.717) is 24.7 Å². The van der Waals surface area contributed by atoms with E-state index in [1.54, 1.807) is 19.2 Å². The molecule has 2 heterocycles. The summed E-state index contributed by atoms with van der Waals surface area (Å²) in [4.78, 5) is 4.24. The molecular weight excluding hydrogens is 294 g/mol. The van der Waals surface area contributed by atoms with Gasteiger partial charge in [-0.2, -0.15) is 9.29 Å². The van der Waals surface area contributed by atoms with Crippen LogP contribution in [-0.2, 0) is 16.6 Å². The molecule has 1 aromatic heterocycles.